The average Bonchev–Trinajstić information content (AvgIpc) is 2.73. The molecule has 0 saturated carbocycles. The van der Waals surface area contributed by atoms with E-state index >= 15 is 0 Å². The lowest BCUT2D eigenvalue weighted by molar-refractivity contribution is -0.146. The van der Waals surface area contributed by atoms with E-state index in [1.807, 2.05) is 0 Å². The highest BCUT2D eigenvalue weighted by atomic mass is 35.5. The van der Waals surface area contributed by atoms with Gasteiger partial charge in [-0.15, -0.1) is 0 Å². The van der Waals surface area contributed by atoms with Crippen LogP contribution in [0.25, 0.3) is 0 Å². The topological polar surface area (TPSA) is 111 Å². The van der Waals surface area contributed by atoms with Crippen molar-refractivity contribution in [2.45, 2.75) is 11.3 Å². The number of methoxy groups -OCH3 is 2. The number of nitrogens with one attached hydrogen (secondary N) is 1. The first-order valence-electron chi connectivity index (χ1n) is 8.97. The van der Waals surface area contributed by atoms with Gasteiger partial charge >= 0.3 is 5.97 Å². The van der Waals surface area contributed by atoms with Crippen molar-refractivity contribution in [1.82, 2.24) is 4.31 Å². The number of anilines is 1. The molecule has 0 bridgehead atoms. The highest BCUT2D eigenvalue weighted by molar-refractivity contribution is 7.89. The van der Waals surface area contributed by atoms with Crippen molar-refractivity contribution in [3.05, 3.63) is 47.0 Å². The lowest BCUT2D eigenvalue weighted by Gasteiger charge is -2.14. The lowest BCUT2D eigenvalue weighted by Crippen LogP contribution is -2.24. The number of amides is 1. The van der Waals surface area contributed by atoms with Crippen LogP contribution in [0.4, 0.5) is 5.69 Å². The molecule has 2 rings (SSSR count). The minimum atomic E-state index is -3.79. The smallest absolute Gasteiger partial charge is 0.310 e. The second-order valence-electron chi connectivity index (χ2n) is 6.50. The summed E-state index contributed by atoms with van der Waals surface area (Å²) in [5, 5.41) is 2.50. The van der Waals surface area contributed by atoms with Gasteiger partial charge < -0.3 is 19.5 Å². The summed E-state index contributed by atoms with van der Waals surface area (Å²) in [6, 6.07) is 9.01. The Morgan fingerprint density at radius 2 is 1.77 bits per heavy atom. The van der Waals surface area contributed by atoms with Crippen molar-refractivity contribution in [2.75, 3.05) is 40.2 Å². The minimum absolute atomic E-state index is 0.0200. The van der Waals surface area contributed by atoms with Gasteiger partial charge in [0.2, 0.25) is 10.0 Å². The van der Waals surface area contributed by atoms with Crippen LogP contribution in [0.5, 0.6) is 11.5 Å². The summed E-state index contributed by atoms with van der Waals surface area (Å²) >= 11 is 5.98. The number of hydrogen-bond acceptors (Lipinski definition) is 7. The van der Waals surface area contributed by atoms with Crippen LogP contribution in [0.1, 0.15) is 5.56 Å². The van der Waals surface area contributed by atoms with E-state index in [1.54, 1.807) is 18.2 Å². The van der Waals surface area contributed by atoms with Crippen LogP contribution in [0.2, 0.25) is 5.02 Å². The van der Waals surface area contributed by atoms with Crippen LogP contribution in [0.15, 0.2) is 41.3 Å². The number of carbonyl (C=O) groups excluding carboxylic acids is 2. The van der Waals surface area contributed by atoms with Gasteiger partial charge in [0.25, 0.3) is 5.91 Å². The first-order chi connectivity index (χ1) is 14.6. The van der Waals surface area contributed by atoms with E-state index in [0.717, 1.165) is 4.31 Å². The molecule has 0 saturated heterocycles. The normalized spacial score (nSPS) is 11.2. The van der Waals surface area contributed by atoms with Crippen LogP contribution in [-0.2, 0) is 30.8 Å². The monoisotopic (exact) mass is 470 g/mol. The van der Waals surface area contributed by atoms with Crippen LogP contribution in [-0.4, -0.2) is 59.5 Å². The van der Waals surface area contributed by atoms with Gasteiger partial charge in [0, 0.05) is 31.4 Å². The summed E-state index contributed by atoms with van der Waals surface area (Å²) in [5.41, 5.74) is 0.771. The zero-order valence-corrected chi connectivity index (χ0v) is 19.0. The molecule has 2 aromatic carbocycles. The van der Waals surface area contributed by atoms with Crippen molar-refractivity contribution in [3.63, 3.8) is 0 Å². The number of ether oxygens (including phenoxy) is 3. The van der Waals surface area contributed by atoms with Gasteiger partial charge in [0.15, 0.2) is 6.61 Å². The fourth-order valence-corrected chi connectivity index (χ4v) is 3.92. The number of carbonyl (C=O) groups is 2. The third-order valence-corrected chi connectivity index (χ3v) is 6.46. The third-order valence-electron chi connectivity index (χ3n) is 4.17. The molecule has 0 fully saturated rings. The fraction of sp³-hybridized carbons (Fsp3) is 0.300. The highest BCUT2D eigenvalue weighted by Gasteiger charge is 2.21. The zero-order valence-electron chi connectivity index (χ0n) is 17.5. The maximum absolute atomic E-state index is 12.3. The number of nitrogens with zero attached hydrogens (tertiary/aromatic N) is 1. The Morgan fingerprint density at radius 1 is 1.06 bits per heavy atom. The molecule has 0 spiro atoms. The maximum atomic E-state index is 12.3. The van der Waals surface area contributed by atoms with Crippen LogP contribution >= 0.6 is 11.6 Å². The van der Waals surface area contributed by atoms with Crippen molar-refractivity contribution in [2.24, 2.45) is 0 Å². The first kappa shape index (κ1) is 24.4. The van der Waals surface area contributed by atoms with Crippen molar-refractivity contribution < 1.29 is 32.2 Å². The standard InChI is InChI=1S/C20H23ClN2O7S/c1-23(2)31(26,27)18-10-14(6-8-16(18)21)22-19(24)12-30-20(25)9-13-5-7-15(28-3)11-17(13)29-4/h5-8,10-11H,9,12H2,1-4H3,(H,22,24). The van der Waals surface area contributed by atoms with E-state index in [-0.39, 0.29) is 22.0 Å². The largest absolute Gasteiger partial charge is 0.497 e. The molecule has 0 atom stereocenters. The minimum Gasteiger partial charge on any atom is -0.497 e. The average molecular weight is 471 g/mol. The number of benzene rings is 2. The second kappa shape index (κ2) is 10.5. The molecule has 9 nitrogen and oxygen atoms in total. The molecule has 0 aromatic heterocycles. The summed E-state index contributed by atoms with van der Waals surface area (Å²) < 4.78 is 41.0. The molecule has 1 N–H and O–H groups in total. The fourth-order valence-electron chi connectivity index (χ4n) is 2.52. The van der Waals surface area contributed by atoms with Gasteiger partial charge in [0.05, 0.1) is 25.7 Å². The van der Waals surface area contributed by atoms with Gasteiger partial charge in [-0.1, -0.05) is 17.7 Å². The van der Waals surface area contributed by atoms with E-state index in [9.17, 15) is 18.0 Å². The predicted molar refractivity (Wildman–Crippen MR) is 115 cm³/mol. The van der Waals surface area contributed by atoms with Crippen LogP contribution in [0.3, 0.4) is 0 Å². The molecule has 168 valence electrons. The summed E-state index contributed by atoms with van der Waals surface area (Å²) in [6.45, 7) is -0.546. The molecule has 0 aliphatic heterocycles. The van der Waals surface area contributed by atoms with Gasteiger partial charge in [0.1, 0.15) is 16.4 Å². The Kier molecular flexibility index (Phi) is 8.26. The Labute approximate surface area is 185 Å². The number of sulfonamides is 1. The van der Waals surface area contributed by atoms with E-state index < -0.39 is 28.5 Å². The zero-order chi connectivity index (χ0) is 23.2. The van der Waals surface area contributed by atoms with Crippen LogP contribution < -0.4 is 14.8 Å². The second-order valence-corrected chi connectivity index (χ2v) is 9.02. The Bertz CT molecular complexity index is 1070. The number of esters is 1. The third kappa shape index (κ3) is 6.33. The van der Waals surface area contributed by atoms with Gasteiger partial charge in [-0.2, -0.15) is 0 Å². The Balaban J connectivity index is 1.99. The molecule has 0 unspecified atom stereocenters. The highest BCUT2D eigenvalue weighted by Crippen LogP contribution is 2.27. The molecule has 0 radical (unpaired) electrons. The number of halogens is 1. The molecule has 0 aliphatic rings. The van der Waals surface area contributed by atoms with Crippen LogP contribution in [0, 0.1) is 0 Å². The molecule has 31 heavy (non-hydrogen) atoms. The molecule has 0 heterocycles. The van der Waals surface area contributed by atoms with Gasteiger partial charge in [-0.05, 0) is 24.3 Å². The molecule has 2 aromatic rings. The van der Waals surface area contributed by atoms with E-state index in [4.69, 9.17) is 25.8 Å². The van der Waals surface area contributed by atoms with Crippen molar-refractivity contribution >= 4 is 39.2 Å². The summed E-state index contributed by atoms with van der Waals surface area (Å²) in [6.07, 6.45) is -0.105. The van der Waals surface area contributed by atoms with Gasteiger partial charge in [-0.25, -0.2) is 12.7 Å². The SMILES string of the molecule is COc1ccc(CC(=O)OCC(=O)Nc2ccc(Cl)c(S(=O)(=O)N(C)C)c2)c(OC)c1. The maximum Gasteiger partial charge on any atom is 0.310 e. The van der Waals surface area contributed by atoms with E-state index in [1.165, 1.54) is 46.5 Å². The first-order valence-corrected chi connectivity index (χ1v) is 10.8. The molecule has 11 heteroatoms. The summed E-state index contributed by atoms with van der Waals surface area (Å²) in [4.78, 5) is 24.1. The Morgan fingerprint density at radius 3 is 2.39 bits per heavy atom. The van der Waals surface area contributed by atoms with Crippen molar-refractivity contribution in [1.29, 1.82) is 0 Å². The van der Waals surface area contributed by atoms with E-state index in [2.05, 4.69) is 5.32 Å². The van der Waals surface area contributed by atoms with Gasteiger partial charge in [-0.3, -0.25) is 9.59 Å². The summed E-state index contributed by atoms with van der Waals surface area (Å²) in [7, 11) is 1.93. The lowest BCUT2D eigenvalue weighted by atomic mass is 10.1. The van der Waals surface area contributed by atoms with Crippen molar-refractivity contribution in [3.8, 4) is 11.5 Å². The molecular formula is C20H23ClN2O7S. The molecular weight excluding hydrogens is 448 g/mol. The number of rotatable bonds is 9. The number of hydrogen-bond donors (Lipinski definition) is 1. The molecule has 0 aliphatic carbocycles. The molecule has 1 amide bonds. The predicted octanol–water partition coefficient (Wildman–Crippen LogP) is 2.33. The quantitative estimate of drug-likeness (QED) is 0.560. The van der Waals surface area contributed by atoms with E-state index in [0.29, 0.717) is 17.1 Å². The Hall–Kier alpha value is -2.82. The summed E-state index contributed by atoms with van der Waals surface area (Å²) in [5.74, 6) is -0.236.